The number of rotatable bonds is 9. The van der Waals surface area contributed by atoms with Gasteiger partial charge in [-0.2, -0.15) is 0 Å². The smallest absolute Gasteiger partial charge is 0.270 e. The number of ether oxygens (including phenoxy) is 2. The molecule has 4 fully saturated rings. The summed E-state index contributed by atoms with van der Waals surface area (Å²) < 4.78 is 11.5. The second-order valence-electron chi connectivity index (χ2n) is 10.6. The minimum atomic E-state index is -0.155. The average molecular weight is 437 g/mol. The van der Waals surface area contributed by atoms with E-state index < -0.39 is 0 Å². The summed E-state index contributed by atoms with van der Waals surface area (Å²) in [6, 6.07) is 9.76. The molecule has 0 radical (unpaired) electrons. The van der Waals surface area contributed by atoms with Crippen LogP contribution in [-0.4, -0.2) is 47.1 Å². The average Bonchev–Trinajstić information content (AvgIpc) is 2.66. The van der Waals surface area contributed by atoms with E-state index in [1.165, 1.54) is 5.56 Å². The molecule has 1 aromatic carbocycles. The van der Waals surface area contributed by atoms with Crippen LogP contribution in [0.15, 0.2) is 30.3 Å². The van der Waals surface area contributed by atoms with E-state index in [2.05, 4.69) is 16.4 Å². The number of pyridine rings is 1. The van der Waals surface area contributed by atoms with Crippen LogP contribution in [0.2, 0.25) is 0 Å². The summed E-state index contributed by atoms with van der Waals surface area (Å²) in [5.41, 5.74) is 2.36. The first-order chi connectivity index (χ1) is 15.2. The molecule has 6 rings (SSSR count). The number of nitrogens with one attached hydrogen (secondary N) is 1. The van der Waals surface area contributed by atoms with Gasteiger partial charge in [0.05, 0.1) is 23.8 Å². The number of aromatic nitrogens is 1. The molecule has 0 spiro atoms. The fraction of sp³-hybridized carbons (Fsp3) is 0.577. The zero-order valence-electron chi connectivity index (χ0n) is 19.1. The topological polar surface area (TPSA) is 77.5 Å². The van der Waals surface area contributed by atoms with Crippen molar-refractivity contribution in [3.05, 3.63) is 41.6 Å². The third-order valence-electron chi connectivity index (χ3n) is 7.16. The van der Waals surface area contributed by atoms with Gasteiger partial charge in [-0.3, -0.25) is 9.59 Å². The van der Waals surface area contributed by atoms with Crippen LogP contribution in [0.5, 0.6) is 0 Å². The summed E-state index contributed by atoms with van der Waals surface area (Å²) in [6.07, 6.45) is 5.60. The molecule has 4 aliphatic rings. The summed E-state index contributed by atoms with van der Waals surface area (Å²) >= 11 is 0. The Hall–Kier alpha value is -2.31. The molecule has 4 aliphatic carbocycles. The highest BCUT2D eigenvalue weighted by Crippen LogP contribution is 2.69. The molecular formula is C26H32N2O4. The van der Waals surface area contributed by atoms with Crippen LogP contribution in [-0.2, 0) is 14.3 Å². The van der Waals surface area contributed by atoms with Gasteiger partial charge in [0.2, 0.25) is 0 Å². The minimum absolute atomic E-state index is 0.0605. The summed E-state index contributed by atoms with van der Waals surface area (Å²) in [7, 11) is 0. The predicted molar refractivity (Wildman–Crippen MR) is 122 cm³/mol. The number of hydrogen-bond acceptors (Lipinski definition) is 5. The summed E-state index contributed by atoms with van der Waals surface area (Å²) in [6.45, 7) is 6.31. The highest BCUT2D eigenvalue weighted by atomic mass is 16.5. The van der Waals surface area contributed by atoms with Crippen LogP contribution < -0.4 is 5.32 Å². The fourth-order valence-corrected chi connectivity index (χ4v) is 5.82. The standard InChI is InChI=1S/C26H32N2O4/c1-16(2)32-21-9-20(10-21)31-12-19(29)11-25-13-26(14-25,15-25)28-24(30)23-7-5-18-8-17(3)4-6-22(18)27-23/h4-8,16,20-21H,9-15H2,1-3H3,(H,28,30). The second-order valence-corrected chi connectivity index (χ2v) is 10.6. The van der Waals surface area contributed by atoms with E-state index in [0.29, 0.717) is 12.1 Å². The van der Waals surface area contributed by atoms with Crippen molar-refractivity contribution in [2.75, 3.05) is 6.61 Å². The molecule has 2 bridgehead atoms. The molecule has 1 heterocycles. The molecule has 6 nitrogen and oxygen atoms in total. The van der Waals surface area contributed by atoms with Crippen LogP contribution in [0.3, 0.4) is 0 Å². The van der Waals surface area contributed by atoms with E-state index in [-0.39, 0.29) is 47.6 Å². The lowest BCUT2D eigenvalue weighted by Crippen LogP contribution is -2.75. The minimum Gasteiger partial charge on any atom is -0.375 e. The molecule has 32 heavy (non-hydrogen) atoms. The zero-order valence-corrected chi connectivity index (χ0v) is 19.1. The second kappa shape index (κ2) is 7.92. The number of ketones is 1. The van der Waals surface area contributed by atoms with Crippen molar-refractivity contribution in [1.29, 1.82) is 0 Å². The number of carbonyl (C=O) groups is 2. The number of benzene rings is 1. The van der Waals surface area contributed by atoms with Gasteiger partial charge in [0.15, 0.2) is 5.78 Å². The van der Waals surface area contributed by atoms with Gasteiger partial charge in [0.25, 0.3) is 5.91 Å². The van der Waals surface area contributed by atoms with Crippen molar-refractivity contribution >= 4 is 22.6 Å². The van der Waals surface area contributed by atoms with E-state index in [4.69, 9.17) is 9.47 Å². The molecule has 2 aromatic rings. The molecule has 0 aliphatic heterocycles. The Bertz CT molecular complexity index is 1040. The van der Waals surface area contributed by atoms with Gasteiger partial charge in [-0.25, -0.2) is 4.98 Å². The van der Waals surface area contributed by atoms with Gasteiger partial charge in [0, 0.05) is 17.3 Å². The van der Waals surface area contributed by atoms with Crippen molar-refractivity contribution < 1.29 is 19.1 Å². The van der Waals surface area contributed by atoms with Crippen LogP contribution in [0.1, 0.15) is 68.4 Å². The van der Waals surface area contributed by atoms with Crippen LogP contribution >= 0.6 is 0 Å². The fourth-order valence-electron chi connectivity index (χ4n) is 5.82. The summed E-state index contributed by atoms with van der Waals surface area (Å²) in [5.74, 6) is 0.0444. The monoisotopic (exact) mass is 436 g/mol. The first-order valence-corrected chi connectivity index (χ1v) is 11.7. The Morgan fingerprint density at radius 3 is 2.59 bits per heavy atom. The summed E-state index contributed by atoms with van der Waals surface area (Å²) in [5, 5.41) is 4.22. The van der Waals surface area contributed by atoms with Crippen molar-refractivity contribution in [2.24, 2.45) is 5.41 Å². The van der Waals surface area contributed by atoms with Gasteiger partial charge < -0.3 is 14.8 Å². The Labute approximate surface area is 189 Å². The maximum Gasteiger partial charge on any atom is 0.270 e. The molecular weight excluding hydrogens is 404 g/mol. The van der Waals surface area contributed by atoms with E-state index >= 15 is 0 Å². The zero-order chi connectivity index (χ0) is 22.5. The molecule has 170 valence electrons. The normalized spacial score (nSPS) is 30.4. The van der Waals surface area contributed by atoms with E-state index in [1.54, 1.807) is 6.07 Å². The molecule has 1 N–H and O–H groups in total. The Morgan fingerprint density at radius 2 is 1.88 bits per heavy atom. The Balaban J connectivity index is 1.06. The molecule has 0 unspecified atom stereocenters. The van der Waals surface area contributed by atoms with Gasteiger partial charge in [-0.1, -0.05) is 17.7 Å². The molecule has 1 amide bonds. The molecule has 0 atom stereocenters. The van der Waals surface area contributed by atoms with Gasteiger partial charge >= 0.3 is 0 Å². The van der Waals surface area contributed by atoms with Crippen molar-refractivity contribution in [1.82, 2.24) is 10.3 Å². The maximum absolute atomic E-state index is 12.8. The summed E-state index contributed by atoms with van der Waals surface area (Å²) in [4.78, 5) is 29.7. The number of nitrogens with zero attached hydrogens (tertiary/aromatic N) is 1. The van der Waals surface area contributed by atoms with Crippen LogP contribution in [0, 0.1) is 12.3 Å². The van der Waals surface area contributed by atoms with Crippen LogP contribution in [0.4, 0.5) is 0 Å². The molecule has 6 heteroatoms. The third-order valence-corrected chi connectivity index (χ3v) is 7.16. The Morgan fingerprint density at radius 1 is 1.12 bits per heavy atom. The van der Waals surface area contributed by atoms with Gasteiger partial charge in [-0.15, -0.1) is 0 Å². The molecule has 1 aromatic heterocycles. The third kappa shape index (κ3) is 4.18. The van der Waals surface area contributed by atoms with E-state index in [1.807, 2.05) is 39.0 Å². The van der Waals surface area contributed by atoms with Crippen molar-refractivity contribution in [3.63, 3.8) is 0 Å². The Kier molecular flexibility index (Phi) is 5.33. The number of fused-ring (bicyclic) bond motifs is 1. The number of hydrogen-bond donors (Lipinski definition) is 1. The quantitative estimate of drug-likeness (QED) is 0.640. The lowest BCUT2D eigenvalue weighted by Gasteiger charge is -2.70. The van der Waals surface area contributed by atoms with E-state index in [0.717, 1.165) is 43.0 Å². The van der Waals surface area contributed by atoms with Gasteiger partial charge in [-0.05, 0) is 76.5 Å². The highest BCUT2D eigenvalue weighted by molar-refractivity contribution is 5.95. The number of carbonyl (C=O) groups excluding carboxylic acids is 2. The largest absolute Gasteiger partial charge is 0.375 e. The first-order valence-electron chi connectivity index (χ1n) is 11.7. The van der Waals surface area contributed by atoms with Gasteiger partial charge in [0.1, 0.15) is 12.3 Å². The van der Waals surface area contributed by atoms with Crippen LogP contribution in [0.25, 0.3) is 10.9 Å². The van der Waals surface area contributed by atoms with Crippen molar-refractivity contribution in [2.45, 2.75) is 83.1 Å². The number of amides is 1. The lowest BCUT2D eigenvalue weighted by atomic mass is 9.38. The van der Waals surface area contributed by atoms with Crippen molar-refractivity contribution in [3.8, 4) is 0 Å². The maximum atomic E-state index is 12.8. The predicted octanol–water partition coefficient (Wildman–Crippen LogP) is 4.13. The molecule has 4 saturated carbocycles. The lowest BCUT2D eigenvalue weighted by molar-refractivity contribution is -0.168. The first kappa shape index (κ1) is 21.5. The molecule has 0 saturated heterocycles. The number of Topliss-reactive ketones (excluding diaryl/α,β-unsaturated/α-hetero) is 1. The highest BCUT2D eigenvalue weighted by Gasteiger charge is 2.68. The number of aryl methyl sites for hydroxylation is 1. The SMILES string of the molecule is Cc1ccc2nc(C(=O)NC34CC(CC(=O)COC5CC(OC(C)C)C5)(C3)C4)ccc2c1. The van der Waals surface area contributed by atoms with E-state index in [9.17, 15) is 9.59 Å².